The fourth-order valence-electron chi connectivity index (χ4n) is 3.12. The Morgan fingerprint density at radius 3 is 2.38 bits per heavy atom. The van der Waals surface area contributed by atoms with E-state index in [1.54, 1.807) is 12.1 Å². The Kier molecular flexibility index (Phi) is 8.05. The van der Waals surface area contributed by atoms with Gasteiger partial charge in [0.25, 0.3) is 0 Å². The zero-order chi connectivity index (χ0) is 16.2. The van der Waals surface area contributed by atoms with Crippen molar-refractivity contribution in [2.45, 2.75) is 32.6 Å². The van der Waals surface area contributed by atoms with Crippen LogP contribution in [0.5, 0.6) is 5.75 Å². The van der Waals surface area contributed by atoms with Crippen molar-refractivity contribution in [1.82, 2.24) is 0 Å². The summed E-state index contributed by atoms with van der Waals surface area (Å²) in [6.45, 7) is 3.04. The average molecular weight is 401 g/mol. The van der Waals surface area contributed by atoms with Gasteiger partial charge in [-0.1, -0.05) is 37.5 Å². The van der Waals surface area contributed by atoms with Crippen molar-refractivity contribution in [1.29, 1.82) is 0 Å². The molecule has 0 spiro atoms. The summed E-state index contributed by atoms with van der Waals surface area (Å²) in [4.78, 5) is 0. The fraction of sp³-hybridized carbons (Fsp3) is 0.400. The van der Waals surface area contributed by atoms with Gasteiger partial charge >= 0.3 is 58.2 Å². The van der Waals surface area contributed by atoms with Gasteiger partial charge in [-0.3, -0.25) is 4.39 Å². The van der Waals surface area contributed by atoms with E-state index in [0.717, 1.165) is 18.3 Å². The molecule has 1 saturated carbocycles. The van der Waals surface area contributed by atoms with Gasteiger partial charge in [-0.2, -0.15) is 12.1 Å². The minimum Gasteiger partial charge on any atom is -0.493 e. The van der Waals surface area contributed by atoms with Crippen LogP contribution in [0.1, 0.15) is 32.6 Å². The molecule has 0 amide bonds. The predicted molar refractivity (Wildman–Crippen MR) is 87.2 cm³/mol. The number of rotatable bonds is 4. The zero-order valence-electron chi connectivity index (χ0n) is 14.3. The van der Waals surface area contributed by atoms with Crippen LogP contribution in [0.25, 0.3) is 11.1 Å². The van der Waals surface area contributed by atoms with Gasteiger partial charge in [0.2, 0.25) is 0 Å². The molecule has 24 heavy (non-hydrogen) atoms. The fourth-order valence-corrected chi connectivity index (χ4v) is 3.12. The molecule has 0 unspecified atom stereocenters. The number of hydrogen-bond acceptors (Lipinski definition) is 1. The van der Waals surface area contributed by atoms with E-state index < -0.39 is 11.6 Å². The number of halogens is 2. The van der Waals surface area contributed by atoms with Gasteiger partial charge in [0, 0.05) is 5.82 Å². The second-order valence-corrected chi connectivity index (χ2v) is 6.48. The molecular formula is C20H21F2ORb. The average Bonchev–Trinajstić information content (AvgIpc) is 2.57. The van der Waals surface area contributed by atoms with Gasteiger partial charge in [-0.05, 0) is 42.4 Å². The van der Waals surface area contributed by atoms with Gasteiger partial charge in [0.15, 0.2) is 0 Å². The van der Waals surface area contributed by atoms with Crippen LogP contribution >= 0.6 is 0 Å². The van der Waals surface area contributed by atoms with Crippen LogP contribution in [0.2, 0.25) is 0 Å². The van der Waals surface area contributed by atoms with Crippen LogP contribution in [0.15, 0.2) is 36.4 Å². The first-order valence-corrected chi connectivity index (χ1v) is 8.22. The summed E-state index contributed by atoms with van der Waals surface area (Å²) in [5.41, 5.74) is 0.878. The molecule has 1 aliphatic carbocycles. The smallest absolute Gasteiger partial charge is 0.493 e. The monoisotopic (exact) mass is 400 g/mol. The van der Waals surface area contributed by atoms with Crippen LogP contribution in [-0.4, -0.2) is 6.61 Å². The minimum absolute atomic E-state index is 0. The summed E-state index contributed by atoms with van der Waals surface area (Å²) in [6.07, 6.45) is 5.01. The van der Waals surface area contributed by atoms with Gasteiger partial charge in [0.05, 0.1) is 12.4 Å². The third-order valence-corrected chi connectivity index (χ3v) is 4.68. The van der Waals surface area contributed by atoms with Crippen LogP contribution in [0.3, 0.4) is 0 Å². The number of ether oxygens (including phenoxy) is 1. The molecule has 1 fully saturated rings. The SMILES string of the molecule is CC1CCC(COc2ccc(-c3cc[c-]c(F)c3F)cc2)CC1.[Rb+]. The summed E-state index contributed by atoms with van der Waals surface area (Å²) >= 11 is 0. The first kappa shape index (κ1) is 20.2. The van der Waals surface area contributed by atoms with E-state index in [1.165, 1.54) is 37.8 Å². The minimum atomic E-state index is -0.950. The summed E-state index contributed by atoms with van der Waals surface area (Å²) in [5.74, 6) is 0.425. The van der Waals surface area contributed by atoms with Gasteiger partial charge in [0.1, 0.15) is 5.75 Å². The number of benzene rings is 2. The molecule has 0 radical (unpaired) electrons. The summed E-state index contributed by atoms with van der Waals surface area (Å²) in [6, 6.07) is 12.3. The van der Waals surface area contributed by atoms with E-state index in [2.05, 4.69) is 13.0 Å². The standard InChI is InChI=1S/C20H21F2O.Rb/c1-14-5-7-15(8-6-14)13-23-17-11-9-16(10-12-17)18-3-2-4-19(21)20(18)22;/h2-3,9-12,14-15H,5-8,13H2,1H3;/q-1;+1. The van der Waals surface area contributed by atoms with E-state index >= 15 is 0 Å². The van der Waals surface area contributed by atoms with E-state index in [4.69, 9.17) is 4.74 Å². The van der Waals surface area contributed by atoms with Crippen molar-refractivity contribution in [2.75, 3.05) is 6.61 Å². The molecule has 0 saturated heterocycles. The summed E-state index contributed by atoms with van der Waals surface area (Å²) in [7, 11) is 0. The van der Waals surface area contributed by atoms with Crippen LogP contribution < -0.4 is 62.9 Å². The Balaban J connectivity index is 0.00000208. The van der Waals surface area contributed by atoms with Crippen molar-refractivity contribution < 1.29 is 71.7 Å². The van der Waals surface area contributed by atoms with Gasteiger partial charge in [-0.15, -0.1) is 6.07 Å². The van der Waals surface area contributed by atoms with Crippen molar-refractivity contribution in [2.24, 2.45) is 11.8 Å². The Bertz CT molecular complexity index is 649. The van der Waals surface area contributed by atoms with Crippen molar-refractivity contribution in [3.8, 4) is 16.9 Å². The first-order chi connectivity index (χ1) is 11.1. The van der Waals surface area contributed by atoms with E-state index in [-0.39, 0.29) is 63.8 Å². The topological polar surface area (TPSA) is 9.23 Å². The molecule has 2 aromatic rings. The van der Waals surface area contributed by atoms with Gasteiger partial charge in [-0.25, -0.2) is 4.39 Å². The third-order valence-electron chi connectivity index (χ3n) is 4.68. The molecule has 0 N–H and O–H groups in total. The molecule has 1 nitrogen and oxygen atoms in total. The maximum Gasteiger partial charge on any atom is 1.00 e. The second kappa shape index (κ2) is 9.56. The Hall–Kier alpha value is -0.0948. The quantitative estimate of drug-likeness (QED) is 0.717. The van der Waals surface area contributed by atoms with Crippen molar-refractivity contribution in [3.63, 3.8) is 0 Å². The summed E-state index contributed by atoms with van der Waals surface area (Å²) in [5, 5.41) is 0. The van der Waals surface area contributed by atoms with Crippen LogP contribution in [0, 0.1) is 29.5 Å². The van der Waals surface area contributed by atoms with E-state index in [0.29, 0.717) is 11.5 Å². The summed E-state index contributed by atoms with van der Waals surface area (Å²) < 4.78 is 32.9. The predicted octanol–water partition coefficient (Wildman–Crippen LogP) is 2.64. The molecule has 0 aromatic heterocycles. The van der Waals surface area contributed by atoms with E-state index in [9.17, 15) is 8.78 Å². The Morgan fingerprint density at radius 2 is 1.71 bits per heavy atom. The molecule has 0 heterocycles. The maximum absolute atomic E-state index is 13.8. The van der Waals surface area contributed by atoms with Crippen molar-refractivity contribution >= 4 is 0 Å². The van der Waals surface area contributed by atoms with Crippen LogP contribution in [-0.2, 0) is 0 Å². The molecular weight excluding hydrogens is 380 g/mol. The molecule has 0 aliphatic heterocycles. The van der Waals surface area contributed by atoms with E-state index in [1.807, 2.05) is 12.1 Å². The molecule has 122 valence electrons. The van der Waals surface area contributed by atoms with Crippen molar-refractivity contribution in [3.05, 3.63) is 54.1 Å². The normalized spacial score (nSPS) is 20.3. The maximum atomic E-state index is 13.8. The molecule has 3 rings (SSSR count). The molecule has 2 aromatic carbocycles. The zero-order valence-corrected chi connectivity index (χ0v) is 19.2. The molecule has 1 aliphatic rings. The Morgan fingerprint density at radius 1 is 1.04 bits per heavy atom. The Labute approximate surface area is 191 Å². The third kappa shape index (κ3) is 5.20. The van der Waals surface area contributed by atoms with Gasteiger partial charge < -0.3 is 4.74 Å². The molecule has 0 atom stereocenters. The number of hydrogen-bond donors (Lipinski definition) is 0. The largest absolute Gasteiger partial charge is 1.00 e. The molecule has 4 heteroatoms. The van der Waals surface area contributed by atoms with Crippen LogP contribution in [0.4, 0.5) is 8.78 Å². The second-order valence-electron chi connectivity index (χ2n) is 6.48. The molecule has 0 bridgehead atoms. The first-order valence-electron chi connectivity index (χ1n) is 8.22.